The number of nitrogens with one attached hydrogen (secondary N) is 2. The minimum absolute atomic E-state index is 0.387. The standard InChI is InChI=1S/C38H56N2O6/c1-25(2)29-17-15-19-31(21-29)37(11,12)39-33(41)43-27(5)23-35(7,8)45-46-36(9,10)24-28(6)44-34(42)40-38(13,14)32-20-16-18-30(22-32)26(3)4/h15-22,27-28H,1,3,23-24H2,2,4-14H3,(H,39,41)(H,40,42). The van der Waals surface area contributed by atoms with Crippen LogP contribution in [0.15, 0.2) is 61.7 Å². The highest BCUT2D eigenvalue weighted by molar-refractivity contribution is 5.70. The molecule has 2 unspecified atom stereocenters. The Morgan fingerprint density at radius 2 is 0.978 bits per heavy atom. The van der Waals surface area contributed by atoms with Gasteiger partial charge in [-0.1, -0.05) is 60.7 Å². The molecule has 0 aromatic heterocycles. The molecular weight excluding hydrogens is 580 g/mol. The summed E-state index contributed by atoms with van der Waals surface area (Å²) in [5, 5.41) is 5.93. The second kappa shape index (κ2) is 15.3. The first-order valence-corrected chi connectivity index (χ1v) is 15.9. The number of rotatable bonds is 15. The van der Waals surface area contributed by atoms with Crippen LogP contribution in [-0.4, -0.2) is 35.6 Å². The van der Waals surface area contributed by atoms with Crippen LogP contribution in [0.5, 0.6) is 0 Å². The zero-order valence-corrected chi connectivity index (χ0v) is 30.1. The lowest BCUT2D eigenvalue weighted by atomic mass is 9.92. The largest absolute Gasteiger partial charge is 0.446 e. The Bertz CT molecular complexity index is 1290. The van der Waals surface area contributed by atoms with Crippen LogP contribution >= 0.6 is 0 Å². The number of carbonyl (C=O) groups is 2. The Labute approximate surface area is 276 Å². The fourth-order valence-corrected chi connectivity index (χ4v) is 5.19. The van der Waals surface area contributed by atoms with Crippen LogP contribution in [0.3, 0.4) is 0 Å². The van der Waals surface area contributed by atoms with E-state index in [1.165, 1.54) is 0 Å². The van der Waals surface area contributed by atoms with E-state index in [4.69, 9.17) is 19.2 Å². The minimum Gasteiger partial charge on any atom is -0.446 e. The van der Waals surface area contributed by atoms with E-state index < -0.39 is 46.7 Å². The molecule has 254 valence electrons. The maximum atomic E-state index is 12.8. The maximum Gasteiger partial charge on any atom is 0.408 e. The van der Waals surface area contributed by atoms with Gasteiger partial charge in [-0.2, -0.15) is 0 Å². The molecule has 0 aliphatic heterocycles. The van der Waals surface area contributed by atoms with Gasteiger partial charge in [0.25, 0.3) is 0 Å². The summed E-state index contributed by atoms with van der Waals surface area (Å²) in [6.45, 7) is 30.7. The van der Waals surface area contributed by atoms with E-state index in [0.717, 1.165) is 33.4 Å². The van der Waals surface area contributed by atoms with Crippen LogP contribution in [-0.2, 0) is 30.3 Å². The summed E-state index contributed by atoms with van der Waals surface area (Å²) in [6.07, 6.45) is -1.18. The first-order valence-electron chi connectivity index (χ1n) is 15.9. The van der Waals surface area contributed by atoms with Crippen LogP contribution in [0, 0.1) is 0 Å². The molecule has 2 N–H and O–H groups in total. The molecule has 8 heteroatoms. The van der Waals surface area contributed by atoms with Crippen molar-refractivity contribution < 1.29 is 28.8 Å². The Morgan fingerprint density at radius 1 is 0.652 bits per heavy atom. The summed E-state index contributed by atoms with van der Waals surface area (Å²) in [5.41, 5.74) is 3.00. The van der Waals surface area contributed by atoms with Crippen molar-refractivity contribution in [3.63, 3.8) is 0 Å². The number of amides is 2. The normalized spacial score (nSPS) is 13.7. The Balaban J connectivity index is 1.86. The van der Waals surface area contributed by atoms with Gasteiger partial charge in [-0.15, -0.1) is 0 Å². The quantitative estimate of drug-likeness (QED) is 0.149. The van der Waals surface area contributed by atoms with E-state index >= 15 is 0 Å². The maximum absolute atomic E-state index is 12.8. The second-order valence-corrected chi connectivity index (χ2v) is 14.7. The van der Waals surface area contributed by atoms with Crippen LogP contribution in [0.2, 0.25) is 0 Å². The fraction of sp³-hybridized carbons (Fsp3) is 0.526. The predicted molar refractivity (Wildman–Crippen MR) is 186 cm³/mol. The molecule has 0 aliphatic carbocycles. The van der Waals surface area contributed by atoms with E-state index in [0.29, 0.717) is 12.8 Å². The van der Waals surface area contributed by atoms with Gasteiger partial charge in [0.15, 0.2) is 0 Å². The first kappa shape index (κ1) is 38.6. The molecule has 2 atom stereocenters. The van der Waals surface area contributed by atoms with Crippen LogP contribution < -0.4 is 10.6 Å². The second-order valence-electron chi connectivity index (χ2n) is 14.7. The lowest BCUT2D eigenvalue weighted by Gasteiger charge is -2.34. The molecule has 0 fully saturated rings. The molecule has 2 amide bonds. The summed E-state index contributed by atoms with van der Waals surface area (Å²) in [5.74, 6) is 0. The lowest BCUT2D eigenvalue weighted by molar-refractivity contribution is -0.406. The third-order valence-electron chi connectivity index (χ3n) is 7.65. The van der Waals surface area contributed by atoms with Crippen molar-refractivity contribution in [2.75, 3.05) is 0 Å². The number of ether oxygens (including phenoxy) is 2. The lowest BCUT2D eigenvalue weighted by Crippen LogP contribution is -2.44. The summed E-state index contributed by atoms with van der Waals surface area (Å²) in [6, 6.07) is 15.9. The number of alkyl carbamates (subject to hydrolysis) is 2. The van der Waals surface area contributed by atoms with Gasteiger partial charge in [0, 0.05) is 12.8 Å². The molecule has 0 bridgehead atoms. The number of allylic oxidation sites excluding steroid dienone is 2. The smallest absolute Gasteiger partial charge is 0.408 e. The summed E-state index contributed by atoms with van der Waals surface area (Å²) in [4.78, 5) is 37.3. The predicted octanol–water partition coefficient (Wildman–Crippen LogP) is 9.44. The minimum atomic E-state index is -0.772. The molecule has 46 heavy (non-hydrogen) atoms. The van der Waals surface area contributed by atoms with Gasteiger partial charge in [-0.3, -0.25) is 0 Å². The van der Waals surface area contributed by atoms with Crippen molar-refractivity contribution >= 4 is 23.3 Å². The Hall–Kier alpha value is -3.62. The van der Waals surface area contributed by atoms with Gasteiger partial charge >= 0.3 is 12.2 Å². The monoisotopic (exact) mass is 636 g/mol. The van der Waals surface area contributed by atoms with Gasteiger partial charge < -0.3 is 20.1 Å². The first-order chi connectivity index (χ1) is 21.0. The van der Waals surface area contributed by atoms with Gasteiger partial charge in [0.1, 0.15) is 23.4 Å². The average Bonchev–Trinajstić information content (AvgIpc) is 2.90. The van der Waals surface area contributed by atoms with E-state index in [9.17, 15) is 9.59 Å². The molecule has 0 saturated heterocycles. The molecule has 0 saturated carbocycles. The number of hydrogen-bond acceptors (Lipinski definition) is 6. The van der Waals surface area contributed by atoms with Gasteiger partial charge in [-0.05, 0) is 117 Å². The van der Waals surface area contributed by atoms with Crippen molar-refractivity contribution in [3.05, 3.63) is 83.9 Å². The van der Waals surface area contributed by atoms with E-state index in [1.54, 1.807) is 0 Å². The van der Waals surface area contributed by atoms with Crippen molar-refractivity contribution in [3.8, 4) is 0 Å². The Kier molecular flexibility index (Phi) is 12.8. The van der Waals surface area contributed by atoms with Gasteiger partial charge in [0.2, 0.25) is 0 Å². The third kappa shape index (κ3) is 12.3. The van der Waals surface area contributed by atoms with Crippen molar-refractivity contribution in [1.82, 2.24) is 10.6 Å². The molecule has 8 nitrogen and oxygen atoms in total. The SMILES string of the molecule is C=C(C)c1cccc(C(C)(C)NC(=O)OC(C)CC(C)(C)OOC(C)(C)CC(C)OC(=O)NC(C)(C)c2cccc(C(=C)C)c2)c1. The van der Waals surface area contributed by atoms with Crippen LogP contribution in [0.25, 0.3) is 11.1 Å². The molecule has 0 radical (unpaired) electrons. The zero-order chi connectivity index (χ0) is 35.1. The van der Waals surface area contributed by atoms with E-state index in [2.05, 4.69) is 23.8 Å². The van der Waals surface area contributed by atoms with E-state index in [-0.39, 0.29) is 0 Å². The van der Waals surface area contributed by atoms with E-state index in [1.807, 2.05) is 132 Å². The fourth-order valence-electron chi connectivity index (χ4n) is 5.19. The number of carbonyl (C=O) groups excluding carboxylic acids is 2. The highest BCUT2D eigenvalue weighted by Gasteiger charge is 2.33. The van der Waals surface area contributed by atoms with Crippen molar-refractivity contribution in [1.29, 1.82) is 0 Å². The summed E-state index contributed by atoms with van der Waals surface area (Å²) < 4.78 is 11.4. The molecule has 2 aromatic carbocycles. The molecule has 2 rings (SSSR count). The van der Waals surface area contributed by atoms with Crippen LogP contribution in [0.1, 0.15) is 118 Å². The van der Waals surface area contributed by atoms with Gasteiger partial charge in [0.05, 0.1) is 11.1 Å². The number of benzene rings is 2. The third-order valence-corrected chi connectivity index (χ3v) is 7.65. The van der Waals surface area contributed by atoms with Crippen LogP contribution in [0.4, 0.5) is 9.59 Å². The molecule has 2 aromatic rings. The average molecular weight is 637 g/mol. The highest BCUT2D eigenvalue weighted by Crippen LogP contribution is 2.28. The zero-order valence-electron chi connectivity index (χ0n) is 30.1. The molecule has 0 spiro atoms. The topological polar surface area (TPSA) is 95.1 Å². The van der Waals surface area contributed by atoms with Gasteiger partial charge in [-0.25, -0.2) is 19.4 Å². The highest BCUT2D eigenvalue weighted by atomic mass is 17.2. The Morgan fingerprint density at radius 3 is 1.28 bits per heavy atom. The molecule has 0 heterocycles. The van der Waals surface area contributed by atoms with Crippen molar-refractivity contribution in [2.45, 2.75) is 130 Å². The summed E-state index contributed by atoms with van der Waals surface area (Å²) in [7, 11) is 0. The molecule has 0 aliphatic rings. The summed E-state index contributed by atoms with van der Waals surface area (Å²) >= 11 is 0. The number of hydrogen-bond donors (Lipinski definition) is 2. The van der Waals surface area contributed by atoms with Crippen molar-refractivity contribution in [2.24, 2.45) is 0 Å². The molecular formula is C38H56N2O6.